The molecule has 0 fully saturated rings. The fraction of sp³-hybridized carbons (Fsp3) is 0.444. The molecule has 0 amide bonds. The topological polar surface area (TPSA) is 164 Å². The number of aldehydes is 1. The van der Waals surface area contributed by atoms with Crippen molar-refractivity contribution in [3.63, 3.8) is 0 Å². The van der Waals surface area contributed by atoms with Crippen LogP contribution in [0.3, 0.4) is 0 Å². The van der Waals surface area contributed by atoms with Crippen LogP contribution in [0.4, 0.5) is 0 Å². The van der Waals surface area contributed by atoms with E-state index in [1.54, 1.807) is 0 Å². The van der Waals surface area contributed by atoms with Crippen LogP contribution in [-0.4, -0.2) is 61.6 Å². The highest BCUT2D eigenvalue weighted by Crippen LogP contribution is 1.96. The summed E-state index contributed by atoms with van der Waals surface area (Å²) in [4.78, 5) is 34.4. The summed E-state index contributed by atoms with van der Waals surface area (Å²) in [7, 11) is 0. The molecular weight excluding hydrogens is 248 g/mol. The highest BCUT2D eigenvalue weighted by atomic mass is 16.4. The van der Waals surface area contributed by atoms with Crippen molar-refractivity contribution < 1.29 is 25.2 Å². The summed E-state index contributed by atoms with van der Waals surface area (Å²) in [6, 6.07) is 1.24. The summed E-state index contributed by atoms with van der Waals surface area (Å²) in [6.07, 6.45) is -3.34. The van der Waals surface area contributed by atoms with Gasteiger partial charge in [0.05, 0.1) is 6.61 Å². The van der Waals surface area contributed by atoms with E-state index in [2.05, 4.69) is 4.98 Å². The number of nitrogens with one attached hydrogen (secondary N) is 2. The zero-order valence-corrected chi connectivity index (χ0v) is 9.18. The number of H-pyrrole nitrogens is 2. The molecule has 0 spiro atoms. The number of hydrogen-bond donors (Lipinski definition) is 6. The molecule has 0 saturated carbocycles. The summed E-state index contributed by atoms with van der Waals surface area (Å²) in [6.45, 7) is -0.688. The van der Waals surface area contributed by atoms with Crippen molar-refractivity contribution in [2.45, 2.75) is 18.3 Å². The van der Waals surface area contributed by atoms with Crippen LogP contribution >= 0.6 is 0 Å². The Morgan fingerprint density at radius 1 is 1.28 bits per heavy atom. The summed E-state index contributed by atoms with van der Waals surface area (Å²) in [5, 5.41) is 34.1. The molecule has 3 atom stereocenters. The first-order valence-electron chi connectivity index (χ1n) is 4.80. The van der Waals surface area contributed by atoms with Gasteiger partial charge in [0.15, 0.2) is 6.29 Å². The van der Waals surface area contributed by atoms with Gasteiger partial charge in [-0.1, -0.05) is 0 Å². The van der Waals surface area contributed by atoms with Crippen LogP contribution in [0.2, 0.25) is 0 Å². The van der Waals surface area contributed by atoms with Crippen molar-refractivity contribution in [1.29, 1.82) is 0 Å². The molecule has 0 unspecified atom stereocenters. The Morgan fingerprint density at radius 3 is 2.22 bits per heavy atom. The number of aliphatic hydroxyl groups is 4. The molecule has 1 rings (SSSR count). The van der Waals surface area contributed by atoms with Gasteiger partial charge in [-0.2, -0.15) is 0 Å². The van der Waals surface area contributed by atoms with Gasteiger partial charge in [-0.3, -0.25) is 9.78 Å². The van der Waals surface area contributed by atoms with Crippen LogP contribution in [-0.2, 0) is 4.79 Å². The van der Waals surface area contributed by atoms with E-state index in [4.69, 9.17) is 20.4 Å². The van der Waals surface area contributed by atoms with Crippen molar-refractivity contribution in [1.82, 2.24) is 9.97 Å². The molecule has 9 heteroatoms. The second kappa shape index (κ2) is 8.31. The van der Waals surface area contributed by atoms with Gasteiger partial charge in [-0.15, -0.1) is 0 Å². The Kier molecular flexibility index (Phi) is 7.47. The van der Waals surface area contributed by atoms with E-state index < -0.39 is 30.6 Å². The number of aliphatic hydroxyl groups excluding tert-OH is 4. The highest BCUT2D eigenvalue weighted by molar-refractivity contribution is 5.56. The van der Waals surface area contributed by atoms with Crippen molar-refractivity contribution in [3.8, 4) is 0 Å². The maximum Gasteiger partial charge on any atom is 0.325 e. The zero-order chi connectivity index (χ0) is 14.1. The van der Waals surface area contributed by atoms with Crippen LogP contribution in [0.15, 0.2) is 21.9 Å². The minimum absolute atomic E-state index is 0.0869. The van der Waals surface area contributed by atoms with Crippen LogP contribution in [0.25, 0.3) is 0 Å². The number of rotatable bonds is 4. The fourth-order valence-corrected chi connectivity index (χ4v) is 0.799. The molecule has 102 valence electrons. The lowest BCUT2D eigenvalue weighted by atomic mass is 10.1. The summed E-state index contributed by atoms with van der Waals surface area (Å²) in [5.74, 6) is 0. The smallest absolute Gasteiger partial charge is 0.325 e. The quantitative estimate of drug-likeness (QED) is 0.304. The van der Waals surface area contributed by atoms with E-state index in [-0.39, 0.29) is 11.8 Å². The minimum atomic E-state index is -1.64. The first kappa shape index (κ1) is 16.2. The van der Waals surface area contributed by atoms with Gasteiger partial charge < -0.3 is 30.2 Å². The Labute approximate surface area is 100 Å². The van der Waals surface area contributed by atoms with Crippen molar-refractivity contribution in [2.24, 2.45) is 0 Å². The van der Waals surface area contributed by atoms with Gasteiger partial charge in [0.25, 0.3) is 5.56 Å². The third-order valence-electron chi connectivity index (χ3n) is 1.76. The number of hydrogen-bond acceptors (Lipinski definition) is 7. The first-order chi connectivity index (χ1) is 8.42. The molecule has 6 N–H and O–H groups in total. The van der Waals surface area contributed by atoms with Crippen LogP contribution < -0.4 is 11.2 Å². The Bertz CT molecular complexity index is 429. The van der Waals surface area contributed by atoms with Gasteiger partial charge >= 0.3 is 5.69 Å². The summed E-state index contributed by atoms with van der Waals surface area (Å²) >= 11 is 0. The molecule has 0 aliphatic rings. The van der Waals surface area contributed by atoms with Crippen molar-refractivity contribution >= 4 is 6.29 Å². The van der Waals surface area contributed by atoms with E-state index in [9.17, 15) is 14.4 Å². The number of aromatic amines is 2. The highest BCUT2D eigenvalue weighted by Gasteiger charge is 2.22. The van der Waals surface area contributed by atoms with Gasteiger partial charge in [0.2, 0.25) is 0 Å². The number of carbonyl (C=O) groups excluding carboxylic acids is 1. The largest absolute Gasteiger partial charge is 0.394 e. The van der Waals surface area contributed by atoms with Crippen molar-refractivity contribution in [2.75, 3.05) is 6.61 Å². The van der Waals surface area contributed by atoms with E-state index in [1.165, 1.54) is 12.3 Å². The summed E-state index contributed by atoms with van der Waals surface area (Å²) < 4.78 is 0. The monoisotopic (exact) mass is 262 g/mol. The van der Waals surface area contributed by atoms with Crippen LogP contribution in [0, 0.1) is 0 Å². The predicted octanol–water partition coefficient (Wildman–Crippen LogP) is -3.68. The van der Waals surface area contributed by atoms with Gasteiger partial charge in [0, 0.05) is 12.3 Å². The molecule has 0 aliphatic carbocycles. The number of aromatic nitrogens is 2. The minimum Gasteiger partial charge on any atom is -0.394 e. The lowest BCUT2D eigenvalue weighted by Crippen LogP contribution is -2.40. The molecule has 0 aromatic carbocycles. The Hall–Kier alpha value is -1.81. The molecule has 1 aromatic heterocycles. The van der Waals surface area contributed by atoms with Gasteiger partial charge in [-0.25, -0.2) is 4.79 Å². The lowest BCUT2D eigenvalue weighted by molar-refractivity contribution is -0.127. The van der Waals surface area contributed by atoms with Gasteiger partial charge in [0.1, 0.15) is 18.3 Å². The van der Waals surface area contributed by atoms with E-state index in [1.807, 2.05) is 4.98 Å². The molecule has 9 nitrogen and oxygen atoms in total. The maximum atomic E-state index is 10.2. The normalized spacial score (nSPS) is 14.9. The average molecular weight is 262 g/mol. The molecule has 1 aromatic rings. The SMILES string of the molecule is O=C[C@H](O)[C@H](O)[C@H](O)CO.O=c1cc[nH]c(=O)[nH]1. The van der Waals surface area contributed by atoms with Crippen LogP contribution in [0.5, 0.6) is 0 Å². The third kappa shape index (κ3) is 6.06. The molecule has 1 heterocycles. The summed E-state index contributed by atoms with van der Waals surface area (Å²) in [5.41, 5.74) is -0.855. The molecule has 18 heavy (non-hydrogen) atoms. The molecular formula is C9H14N2O7. The standard InChI is InChI=1S/C5H10O5.C4H4N2O2/c6-1-3(8)5(10)4(9)2-7;7-3-1-2-5-4(8)6-3/h1,3-5,7-10H,2H2;1-2H,(H2,5,6,7,8)/t3-,4+,5-;/m0./s1. The third-order valence-corrected chi connectivity index (χ3v) is 1.76. The first-order valence-corrected chi connectivity index (χ1v) is 4.80. The van der Waals surface area contributed by atoms with Gasteiger partial charge in [-0.05, 0) is 0 Å². The van der Waals surface area contributed by atoms with E-state index in [0.717, 1.165) is 0 Å². The molecule has 0 aliphatic heterocycles. The predicted molar refractivity (Wildman–Crippen MR) is 58.9 cm³/mol. The lowest BCUT2D eigenvalue weighted by Gasteiger charge is -2.16. The van der Waals surface area contributed by atoms with E-state index >= 15 is 0 Å². The Balaban J connectivity index is 0.000000327. The average Bonchev–Trinajstić information content (AvgIpc) is 2.36. The van der Waals surface area contributed by atoms with Crippen molar-refractivity contribution in [3.05, 3.63) is 33.1 Å². The van der Waals surface area contributed by atoms with E-state index in [0.29, 0.717) is 0 Å². The molecule has 0 bridgehead atoms. The molecule has 0 saturated heterocycles. The molecule has 0 radical (unpaired) electrons. The number of carbonyl (C=O) groups is 1. The maximum absolute atomic E-state index is 10.2. The zero-order valence-electron chi connectivity index (χ0n) is 9.18. The Morgan fingerprint density at radius 2 is 1.89 bits per heavy atom. The second-order valence-corrected chi connectivity index (χ2v) is 3.16. The fourth-order valence-electron chi connectivity index (χ4n) is 0.799. The second-order valence-electron chi connectivity index (χ2n) is 3.16. The van der Waals surface area contributed by atoms with Crippen LogP contribution in [0.1, 0.15) is 0 Å².